The lowest BCUT2D eigenvalue weighted by atomic mass is 9.91. The fourth-order valence-corrected chi connectivity index (χ4v) is 4.54. The quantitative estimate of drug-likeness (QED) is 0.0535. The van der Waals surface area contributed by atoms with E-state index in [0.29, 0.717) is 19.3 Å². The second kappa shape index (κ2) is 18.5. The number of hydrogen-bond acceptors (Lipinski definition) is 5. The van der Waals surface area contributed by atoms with E-state index < -0.39 is 46.9 Å². The third-order valence-electron chi connectivity index (χ3n) is 6.22. The Balaban J connectivity index is 2.88. The van der Waals surface area contributed by atoms with Gasteiger partial charge < -0.3 is 24.3 Å². The van der Waals surface area contributed by atoms with Crippen LogP contribution in [0.5, 0.6) is 5.75 Å². The molecule has 0 radical (unpaired) electrons. The van der Waals surface area contributed by atoms with Crippen LogP contribution in [0.1, 0.15) is 113 Å². The molecule has 6 nitrogen and oxygen atoms in total. The molecule has 1 aromatic rings. The number of carbonyl (C=O) groups is 1. The van der Waals surface area contributed by atoms with Crippen LogP contribution in [0.4, 0.5) is 26.7 Å². The number of amides is 1. The predicted octanol–water partition coefficient (Wildman–Crippen LogP) is 8.94. The summed E-state index contributed by atoms with van der Waals surface area (Å²) in [5.41, 5.74) is 0. The van der Waals surface area contributed by atoms with Gasteiger partial charge in [-0.1, -0.05) is 51.9 Å². The number of hydrogen-bond donors (Lipinski definition) is 1. The lowest BCUT2D eigenvalue weighted by Crippen LogP contribution is -2.51. The first-order valence-corrected chi connectivity index (χ1v) is 14.8. The van der Waals surface area contributed by atoms with Crippen molar-refractivity contribution in [3.8, 4) is 5.75 Å². The van der Waals surface area contributed by atoms with E-state index in [0.717, 1.165) is 25.7 Å². The minimum Gasteiger partial charge on any atom is -0.404 e. The molecular weight excluding hydrogens is 549 g/mol. The van der Waals surface area contributed by atoms with Crippen molar-refractivity contribution in [2.24, 2.45) is 5.92 Å². The number of nitrogens with one attached hydrogen (secondary N) is 1. The number of benzene rings is 1. The molecule has 0 aliphatic heterocycles. The van der Waals surface area contributed by atoms with E-state index in [1.54, 1.807) is 0 Å². The molecule has 0 bridgehead atoms. The molecule has 238 valence electrons. The monoisotopic (exact) mass is 597 g/mol. The van der Waals surface area contributed by atoms with E-state index in [2.05, 4.69) is 17.0 Å². The van der Waals surface area contributed by atoms with E-state index in [1.165, 1.54) is 19.3 Å². The molecule has 41 heavy (non-hydrogen) atoms. The van der Waals surface area contributed by atoms with Crippen LogP contribution < -0.4 is 10.1 Å². The van der Waals surface area contributed by atoms with Gasteiger partial charge in [0.15, 0.2) is 0 Å². The Labute approximate surface area is 241 Å². The molecule has 0 saturated heterocycles. The van der Waals surface area contributed by atoms with Crippen molar-refractivity contribution < 1.29 is 45.7 Å². The smallest absolute Gasteiger partial charge is 0.404 e. The van der Waals surface area contributed by atoms with E-state index in [4.69, 9.17) is 14.2 Å². The van der Waals surface area contributed by atoms with Crippen LogP contribution in [-0.4, -0.2) is 36.9 Å². The third-order valence-corrected chi connectivity index (χ3v) is 6.22. The van der Waals surface area contributed by atoms with Gasteiger partial charge in [-0.25, -0.2) is 18.0 Å². The highest BCUT2D eigenvalue weighted by Gasteiger charge is 2.44. The highest BCUT2D eigenvalue weighted by Crippen LogP contribution is 2.37. The van der Waals surface area contributed by atoms with Gasteiger partial charge >= 0.3 is 6.09 Å². The molecule has 0 aliphatic rings. The highest BCUT2D eigenvalue weighted by atomic mass is 19.2. The average Bonchev–Trinajstić information content (AvgIpc) is 2.88. The summed E-state index contributed by atoms with van der Waals surface area (Å²) in [5, 5.41) is 2.29. The zero-order valence-electron chi connectivity index (χ0n) is 25.5. The van der Waals surface area contributed by atoms with Gasteiger partial charge in [-0.15, -0.1) is 0 Å². The Bertz CT molecular complexity index is 873. The largest absolute Gasteiger partial charge is 0.412 e. The second-order valence-corrected chi connectivity index (χ2v) is 11.1. The summed E-state index contributed by atoms with van der Waals surface area (Å²) in [6.07, 6.45) is 7.39. The number of halogens is 5. The van der Waals surface area contributed by atoms with Crippen LogP contribution >= 0.6 is 0 Å². The van der Waals surface area contributed by atoms with E-state index in [-0.39, 0.29) is 30.8 Å². The van der Waals surface area contributed by atoms with Crippen molar-refractivity contribution in [1.82, 2.24) is 5.32 Å². The standard InChI is InChI=1S/C30H48F5NO5/c1-8-9-10-11-12-13-16-22(30(39-19(2)3,40-20(4)5)41-21(6)7)17-14-15-18-36-29(37)38-28-26(34)24(32)23(31)25(33)27(28)35/h19-22H,8-18H2,1-7H3,(H,36,37). The third kappa shape index (κ3) is 12.4. The fourth-order valence-electron chi connectivity index (χ4n) is 4.54. The van der Waals surface area contributed by atoms with E-state index in [1.807, 2.05) is 41.5 Å². The van der Waals surface area contributed by atoms with Crippen LogP contribution in [0.3, 0.4) is 0 Å². The van der Waals surface area contributed by atoms with Crippen LogP contribution in [-0.2, 0) is 14.2 Å². The number of unbranched alkanes of at least 4 members (excludes halogenated alkanes) is 6. The highest BCUT2D eigenvalue weighted by molar-refractivity contribution is 5.70. The summed E-state index contributed by atoms with van der Waals surface area (Å²) in [6, 6.07) is 0. The fraction of sp³-hybridized carbons (Fsp3) is 0.767. The molecule has 1 rings (SSSR count). The molecule has 0 aliphatic carbocycles. The van der Waals surface area contributed by atoms with Crippen LogP contribution in [0.2, 0.25) is 0 Å². The zero-order valence-corrected chi connectivity index (χ0v) is 25.5. The molecule has 1 atom stereocenters. The number of rotatable bonds is 20. The van der Waals surface area contributed by atoms with Crippen molar-refractivity contribution in [3.63, 3.8) is 0 Å². The Morgan fingerprint density at radius 3 is 1.54 bits per heavy atom. The van der Waals surface area contributed by atoms with Gasteiger partial charge in [0.25, 0.3) is 5.97 Å². The minimum atomic E-state index is -2.33. The first-order valence-electron chi connectivity index (χ1n) is 14.8. The lowest BCUT2D eigenvalue weighted by Gasteiger charge is -2.43. The summed E-state index contributed by atoms with van der Waals surface area (Å²) in [6.45, 7) is 13.7. The Morgan fingerprint density at radius 1 is 0.659 bits per heavy atom. The van der Waals surface area contributed by atoms with Gasteiger partial charge in [-0.05, 0) is 60.8 Å². The van der Waals surface area contributed by atoms with Crippen LogP contribution in [0.15, 0.2) is 0 Å². The van der Waals surface area contributed by atoms with E-state index >= 15 is 0 Å². The summed E-state index contributed by atoms with van der Waals surface area (Å²) in [4.78, 5) is 12.0. The number of carbonyl (C=O) groups excluding carboxylic acids is 1. The zero-order chi connectivity index (χ0) is 31.2. The molecule has 0 aromatic heterocycles. The molecule has 0 fully saturated rings. The SMILES string of the molecule is CCCCCCCCC(CCCCNC(=O)Oc1c(F)c(F)c(F)c(F)c1F)C(OC(C)C)(OC(C)C)OC(C)C. The van der Waals surface area contributed by atoms with Crippen molar-refractivity contribution in [2.45, 2.75) is 137 Å². The maximum absolute atomic E-state index is 13.8. The molecule has 1 amide bonds. The van der Waals surface area contributed by atoms with Gasteiger partial charge in [0.05, 0.1) is 18.3 Å². The molecule has 1 N–H and O–H groups in total. The molecule has 0 heterocycles. The van der Waals surface area contributed by atoms with E-state index in [9.17, 15) is 26.7 Å². The number of ether oxygens (including phenoxy) is 4. The Morgan fingerprint density at radius 2 is 1.07 bits per heavy atom. The van der Waals surface area contributed by atoms with Gasteiger partial charge in [-0.3, -0.25) is 0 Å². The molecule has 0 saturated carbocycles. The normalized spacial score (nSPS) is 13.0. The van der Waals surface area contributed by atoms with Crippen LogP contribution in [0, 0.1) is 35.0 Å². The van der Waals surface area contributed by atoms with Crippen molar-refractivity contribution >= 4 is 6.09 Å². The minimum absolute atomic E-state index is 0.0477. The van der Waals surface area contributed by atoms with Gasteiger partial charge in [0, 0.05) is 12.5 Å². The second-order valence-electron chi connectivity index (χ2n) is 11.1. The summed E-state index contributed by atoms with van der Waals surface area (Å²) < 4.78 is 91.0. The summed E-state index contributed by atoms with van der Waals surface area (Å²) in [5.74, 6) is -14.2. The van der Waals surface area contributed by atoms with Crippen molar-refractivity contribution in [3.05, 3.63) is 29.1 Å². The Kier molecular flexibility index (Phi) is 16.7. The molecular formula is C30H48F5NO5. The molecule has 11 heteroatoms. The van der Waals surface area contributed by atoms with Crippen molar-refractivity contribution in [2.75, 3.05) is 6.54 Å². The first-order chi connectivity index (χ1) is 19.3. The van der Waals surface area contributed by atoms with Gasteiger partial charge in [-0.2, -0.15) is 8.78 Å². The predicted molar refractivity (Wildman–Crippen MR) is 147 cm³/mol. The lowest BCUT2D eigenvalue weighted by molar-refractivity contribution is -0.433. The Hall–Kier alpha value is -1.98. The van der Waals surface area contributed by atoms with Crippen molar-refractivity contribution in [1.29, 1.82) is 0 Å². The maximum atomic E-state index is 13.8. The summed E-state index contributed by atoms with van der Waals surface area (Å²) in [7, 11) is 0. The first kappa shape index (κ1) is 37.0. The van der Waals surface area contributed by atoms with Crippen LogP contribution in [0.25, 0.3) is 0 Å². The average molecular weight is 598 g/mol. The van der Waals surface area contributed by atoms with Gasteiger partial charge in [0.1, 0.15) is 0 Å². The summed E-state index contributed by atoms with van der Waals surface area (Å²) >= 11 is 0. The molecule has 1 unspecified atom stereocenters. The molecule has 1 aromatic carbocycles. The molecule has 0 spiro atoms. The topological polar surface area (TPSA) is 66.0 Å². The maximum Gasteiger partial charge on any atom is 0.412 e. The van der Waals surface area contributed by atoms with Gasteiger partial charge in [0.2, 0.25) is 34.8 Å².